The van der Waals surface area contributed by atoms with Gasteiger partial charge in [-0.15, -0.1) is 0 Å². The van der Waals surface area contributed by atoms with Crippen molar-refractivity contribution in [2.75, 3.05) is 6.61 Å². The van der Waals surface area contributed by atoms with Crippen LogP contribution in [0.4, 0.5) is 8.78 Å². The van der Waals surface area contributed by atoms with Gasteiger partial charge in [-0.2, -0.15) is 9.61 Å². The van der Waals surface area contributed by atoms with Crippen LogP contribution in [0.25, 0.3) is 5.65 Å². The van der Waals surface area contributed by atoms with Crippen molar-refractivity contribution in [3.8, 4) is 5.88 Å². The van der Waals surface area contributed by atoms with Crippen LogP contribution in [0.2, 0.25) is 0 Å². The molecular weight excluding hydrogens is 332 g/mol. The van der Waals surface area contributed by atoms with Crippen LogP contribution in [0.15, 0.2) is 30.3 Å². The molecule has 3 rings (SSSR count). The third kappa shape index (κ3) is 3.42. The zero-order chi connectivity index (χ0) is 18.0. The van der Waals surface area contributed by atoms with Gasteiger partial charge in [-0.05, 0) is 31.4 Å². The van der Waals surface area contributed by atoms with Gasteiger partial charge in [0, 0.05) is 17.8 Å². The molecule has 0 aliphatic heterocycles. The normalized spacial score (nSPS) is 11.0. The van der Waals surface area contributed by atoms with E-state index < -0.39 is 17.6 Å². The van der Waals surface area contributed by atoms with E-state index in [0.717, 1.165) is 10.6 Å². The van der Waals surface area contributed by atoms with Crippen LogP contribution in [0.5, 0.6) is 5.88 Å². The summed E-state index contributed by atoms with van der Waals surface area (Å²) in [5.74, 6) is -2.62. The Kier molecular flexibility index (Phi) is 4.60. The average Bonchev–Trinajstić information content (AvgIpc) is 3.01. The van der Waals surface area contributed by atoms with Crippen molar-refractivity contribution < 1.29 is 23.4 Å². The average molecular weight is 347 g/mol. The predicted octanol–water partition coefficient (Wildman–Crippen LogP) is 2.68. The lowest BCUT2D eigenvalue weighted by molar-refractivity contribution is 0.0519. The molecule has 0 aliphatic carbocycles. The number of aromatic nitrogens is 3. The second-order valence-corrected chi connectivity index (χ2v) is 5.34. The lowest BCUT2D eigenvalue weighted by Crippen LogP contribution is -2.05. The molecule has 0 spiro atoms. The van der Waals surface area contributed by atoms with Gasteiger partial charge < -0.3 is 9.84 Å². The Bertz CT molecular complexity index is 940. The molecule has 0 amide bonds. The van der Waals surface area contributed by atoms with Crippen LogP contribution in [0.1, 0.15) is 28.7 Å². The first kappa shape index (κ1) is 16.8. The number of esters is 1. The summed E-state index contributed by atoms with van der Waals surface area (Å²) in [7, 11) is 0. The van der Waals surface area contributed by atoms with E-state index in [1.54, 1.807) is 6.92 Å². The first-order chi connectivity index (χ1) is 12.0. The highest BCUT2D eigenvalue weighted by atomic mass is 19.2. The summed E-state index contributed by atoms with van der Waals surface area (Å²) in [4.78, 5) is 16.0. The van der Waals surface area contributed by atoms with Gasteiger partial charge in [0.05, 0.1) is 6.61 Å². The number of hydrogen-bond donors (Lipinski definition) is 1. The van der Waals surface area contributed by atoms with Crippen molar-refractivity contribution in [3.05, 3.63) is 58.9 Å². The summed E-state index contributed by atoms with van der Waals surface area (Å²) in [6.45, 7) is 1.88. The highest BCUT2D eigenvalue weighted by molar-refractivity contribution is 5.88. The minimum atomic E-state index is -0.904. The van der Waals surface area contributed by atoms with Crippen molar-refractivity contribution in [2.24, 2.45) is 0 Å². The Labute approximate surface area is 141 Å². The van der Waals surface area contributed by atoms with Crippen LogP contribution < -0.4 is 0 Å². The number of aromatic hydroxyl groups is 1. The number of halogens is 2. The van der Waals surface area contributed by atoms with E-state index in [9.17, 15) is 18.7 Å². The second-order valence-electron chi connectivity index (χ2n) is 5.34. The molecule has 8 heteroatoms. The fourth-order valence-corrected chi connectivity index (χ4v) is 2.45. The maximum atomic E-state index is 13.7. The third-order valence-electron chi connectivity index (χ3n) is 3.63. The first-order valence-corrected chi connectivity index (χ1v) is 7.68. The van der Waals surface area contributed by atoms with Crippen LogP contribution in [0.3, 0.4) is 0 Å². The van der Waals surface area contributed by atoms with E-state index in [-0.39, 0.29) is 42.2 Å². The van der Waals surface area contributed by atoms with Crippen LogP contribution in [-0.4, -0.2) is 32.3 Å². The van der Waals surface area contributed by atoms with Gasteiger partial charge >= 0.3 is 5.97 Å². The van der Waals surface area contributed by atoms with Crippen LogP contribution >= 0.6 is 0 Å². The minimum Gasteiger partial charge on any atom is -0.493 e. The standard InChI is InChI=1S/C17H15F2N3O3/c1-2-25-17(24)13-9-14-20-11(8-15(23)22(14)21-13)7-6-10-4-3-5-12(18)16(10)19/h3-5,8-9,23H,2,6-7H2,1H3. The topological polar surface area (TPSA) is 76.7 Å². The number of ether oxygens (including phenoxy) is 1. The summed E-state index contributed by atoms with van der Waals surface area (Å²) in [5, 5.41) is 14.0. The maximum absolute atomic E-state index is 13.7. The van der Waals surface area contributed by atoms with E-state index in [1.807, 2.05) is 0 Å². The molecule has 0 unspecified atom stereocenters. The molecule has 0 bridgehead atoms. The van der Waals surface area contributed by atoms with E-state index in [2.05, 4.69) is 10.1 Å². The summed E-state index contributed by atoms with van der Waals surface area (Å²) in [6, 6.07) is 6.74. The van der Waals surface area contributed by atoms with Gasteiger partial charge in [0.2, 0.25) is 5.88 Å². The van der Waals surface area contributed by atoms with E-state index in [1.165, 1.54) is 24.3 Å². The van der Waals surface area contributed by atoms with Crippen molar-refractivity contribution in [1.82, 2.24) is 14.6 Å². The molecule has 0 atom stereocenters. The SMILES string of the molecule is CCOC(=O)c1cc2nc(CCc3cccc(F)c3F)cc(O)n2n1. The molecule has 2 heterocycles. The molecule has 1 N–H and O–H groups in total. The summed E-state index contributed by atoms with van der Waals surface area (Å²) >= 11 is 0. The number of carbonyl (C=O) groups excluding carboxylic acids is 1. The number of hydrogen-bond acceptors (Lipinski definition) is 5. The molecule has 25 heavy (non-hydrogen) atoms. The predicted molar refractivity (Wildman–Crippen MR) is 84.4 cm³/mol. The molecule has 3 aromatic rings. The van der Waals surface area contributed by atoms with E-state index in [0.29, 0.717) is 5.69 Å². The van der Waals surface area contributed by atoms with Gasteiger partial charge in [0.1, 0.15) is 0 Å². The van der Waals surface area contributed by atoms with Crippen molar-refractivity contribution in [2.45, 2.75) is 19.8 Å². The van der Waals surface area contributed by atoms with Crippen molar-refractivity contribution >= 4 is 11.6 Å². The Morgan fingerprint density at radius 1 is 1.28 bits per heavy atom. The molecule has 0 saturated heterocycles. The molecule has 6 nitrogen and oxygen atoms in total. The Morgan fingerprint density at radius 2 is 2.08 bits per heavy atom. The number of carbonyl (C=O) groups is 1. The fraction of sp³-hybridized carbons (Fsp3) is 0.235. The number of fused-ring (bicyclic) bond motifs is 1. The minimum absolute atomic E-state index is 0.0259. The zero-order valence-corrected chi connectivity index (χ0v) is 13.4. The largest absolute Gasteiger partial charge is 0.493 e. The van der Waals surface area contributed by atoms with Gasteiger partial charge in [-0.3, -0.25) is 0 Å². The summed E-state index contributed by atoms with van der Waals surface area (Å²) < 4.78 is 32.9. The molecule has 0 radical (unpaired) electrons. The van der Waals surface area contributed by atoms with Gasteiger partial charge in [0.15, 0.2) is 23.0 Å². The van der Waals surface area contributed by atoms with Crippen molar-refractivity contribution in [3.63, 3.8) is 0 Å². The first-order valence-electron chi connectivity index (χ1n) is 7.68. The van der Waals surface area contributed by atoms with Gasteiger partial charge in [-0.25, -0.2) is 18.6 Å². The highest BCUT2D eigenvalue weighted by Crippen LogP contribution is 2.18. The van der Waals surface area contributed by atoms with Crippen LogP contribution in [-0.2, 0) is 17.6 Å². The Hall–Kier alpha value is -3.03. The Morgan fingerprint density at radius 3 is 2.84 bits per heavy atom. The molecule has 0 fully saturated rings. The third-order valence-corrected chi connectivity index (χ3v) is 3.63. The fourth-order valence-electron chi connectivity index (χ4n) is 2.45. The number of aryl methyl sites for hydroxylation is 2. The van der Waals surface area contributed by atoms with Gasteiger partial charge in [0.25, 0.3) is 0 Å². The highest BCUT2D eigenvalue weighted by Gasteiger charge is 2.15. The zero-order valence-electron chi connectivity index (χ0n) is 13.4. The lowest BCUT2D eigenvalue weighted by Gasteiger charge is -2.05. The van der Waals surface area contributed by atoms with E-state index >= 15 is 0 Å². The lowest BCUT2D eigenvalue weighted by atomic mass is 10.1. The number of benzene rings is 1. The molecule has 1 aromatic carbocycles. The summed E-state index contributed by atoms with van der Waals surface area (Å²) in [5.41, 5.74) is 0.974. The van der Waals surface area contributed by atoms with Gasteiger partial charge in [-0.1, -0.05) is 12.1 Å². The maximum Gasteiger partial charge on any atom is 0.358 e. The number of nitrogens with zero attached hydrogens (tertiary/aromatic N) is 3. The molecular formula is C17H15F2N3O3. The van der Waals surface area contributed by atoms with Crippen LogP contribution in [0, 0.1) is 11.6 Å². The molecule has 0 saturated carbocycles. The van der Waals surface area contributed by atoms with Crippen molar-refractivity contribution in [1.29, 1.82) is 0 Å². The molecule has 2 aromatic heterocycles. The quantitative estimate of drug-likeness (QED) is 0.718. The smallest absolute Gasteiger partial charge is 0.358 e. The molecule has 0 aliphatic rings. The molecule has 130 valence electrons. The summed E-state index contributed by atoms with van der Waals surface area (Å²) in [6.07, 6.45) is 0.495. The second kappa shape index (κ2) is 6.84. The monoisotopic (exact) mass is 347 g/mol. The Balaban J connectivity index is 1.85. The number of rotatable bonds is 5. The van der Waals surface area contributed by atoms with E-state index in [4.69, 9.17) is 4.74 Å².